The lowest BCUT2D eigenvalue weighted by atomic mass is 10.1. The van der Waals surface area contributed by atoms with Crippen LogP contribution in [0.25, 0.3) is 0 Å². The fraction of sp³-hybridized carbons (Fsp3) is 0.550. The second-order valence-electron chi connectivity index (χ2n) is 6.74. The Bertz CT molecular complexity index is 784. The number of carbonyl (C=O) groups is 1. The van der Waals surface area contributed by atoms with Gasteiger partial charge in [0.15, 0.2) is 11.5 Å². The van der Waals surface area contributed by atoms with Crippen molar-refractivity contribution >= 4 is 11.9 Å². The van der Waals surface area contributed by atoms with Crippen molar-refractivity contribution in [2.24, 2.45) is 0 Å². The Hall–Kier alpha value is -2.77. The van der Waals surface area contributed by atoms with E-state index in [4.69, 9.17) is 13.9 Å². The van der Waals surface area contributed by atoms with Gasteiger partial charge in [-0.2, -0.15) is 0 Å². The lowest BCUT2D eigenvalue weighted by Crippen LogP contribution is -2.48. The molecular formula is C20H28N4O4. The number of carbonyl (C=O) groups excluding carboxylic acids is 1. The number of hydrogen-bond acceptors (Lipinski definition) is 7. The fourth-order valence-corrected chi connectivity index (χ4v) is 3.30. The van der Waals surface area contributed by atoms with E-state index in [1.54, 1.807) is 14.2 Å². The number of nitrogens with zero attached hydrogens (tertiary/aromatic N) is 4. The van der Waals surface area contributed by atoms with Crippen LogP contribution >= 0.6 is 0 Å². The van der Waals surface area contributed by atoms with Crippen LogP contribution in [0.15, 0.2) is 22.6 Å². The molecule has 0 N–H and O–H groups in total. The summed E-state index contributed by atoms with van der Waals surface area (Å²) in [5.74, 6) is 2.27. The zero-order valence-electron chi connectivity index (χ0n) is 16.8. The van der Waals surface area contributed by atoms with Crippen LogP contribution in [-0.4, -0.2) is 61.4 Å². The molecule has 0 radical (unpaired) electrons. The molecule has 2 heterocycles. The van der Waals surface area contributed by atoms with Gasteiger partial charge in [0, 0.05) is 39.0 Å². The third-order valence-electron chi connectivity index (χ3n) is 4.97. The van der Waals surface area contributed by atoms with E-state index in [-0.39, 0.29) is 5.91 Å². The SMILES string of the molecule is CCc1nnc(N2CCN(C(=O)CCCc3ccc(OC)c(OC)c3)CC2)o1. The third kappa shape index (κ3) is 4.74. The number of aromatic nitrogens is 2. The normalized spacial score (nSPS) is 14.2. The minimum atomic E-state index is 0.194. The van der Waals surface area contributed by atoms with Gasteiger partial charge in [0.05, 0.1) is 14.2 Å². The average Bonchev–Trinajstić information content (AvgIpc) is 3.23. The Morgan fingerprint density at radius 2 is 1.86 bits per heavy atom. The van der Waals surface area contributed by atoms with Crippen LogP contribution in [0.4, 0.5) is 6.01 Å². The molecule has 1 amide bonds. The van der Waals surface area contributed by atoms with Gasteiger partial charge in [-0.15, -0.1) is 5.10 Å². The Balaban J connectivity index is 1.43. The minimum absolute atomic E-state index is 0.194. The average molecular weight is 388 g/mol. The molecule has 1 saturated heterocycles. The zero-order chi connectivity index (χ0) is 19.9. The molecule has 0 unspecified atom stereocenters. The summed E-state index contributed by atoms with van der Waals surface area (Å²) >= 11 is 0. The molecule has 152 valence electrons. The number of benzene rings is 1. The molecule has 0 bridgehead atoms. The lowest BCUT2D eigenvalue weighted by Gasteiger charge is -2.33. The fourth-order valence-electron chi connectivity index (χ4n) is 3.30. The van der Waals surface area contributed by atoms with Gasteiger partial charge >= 0.3 is 6.01 Å². The molecule has 1 aliphatic heterocycles. The predicted octanol–water partition coefficient (Wildman–Crippen LogP) is 2.32. The van der Waals surface area contributed by atoms with Gasteiger partial charge in [0.1, 0.15) is 0 Å². The molecule has 8 heteroatoms. The highest BCUT2D eigenvalue weighted by atomic mass is 16.5. The summed E-state index contributed by atoms with van der Waals surface area (Å²) in [7, 11) is 3.25. The molecule has 1 aromatic carbocycles. The number of methoxy groups -OCH3 is 2. The van der Waals surface area contributed by atoms with Gasteiger partial charge in [-0.25, -0.2) is 0 Å². The molecule has 0 spiro atoms. The number of amides is 1. The first-order chi connectivity index (χ1) is 13.6. The summed E-state index contributed by atoms with van der Waals surface area (Å²) in [4.78, 5) is 16.5. The van der Waals surface area contributed by atoms with E-state index in [2.05, 4.69) is 10.2 Å². The van der Waals surface area contributed by atoms with Crippen LogP contribution < -0.4 is 14.4 Å². The number of rotatable bonds is 8. The third-order valence-corrected chi connectivity index (χ3v) is 4.97. The molecule has 0 aliphatic carbocycles. The number of anilines is 1. The van der Waals surface area contributed by atoms with Gasteiger partial charge in [-0.05, 0) is 30.5 Å². The van der Waals surface area contributed by atoms with Gasteiger partial charge in [-0.1, -0.05) is 18.1 Å². The highest BCUT2D eigenvalue weighted by molar-refractivity contribution is 5.76. The van der Waals surface area contributed by atoms with Crippen LogP contribution in [0, 0.1) is 0 Å². The predicted molar refractivity (Wildman–Crippen MR) is 105 cm³/mol. The molecule has 8 nitrogen and oxygen atoms in total. The Labute approximate surface area is 165 Å². The van der Waals surface area contributed by atoms with E-state index < -0.39 is 0 Å². The first kappa shape index (κ1) is 20.0. The number of piperazine rings is 1. The zero-order valence-corrected chi connectivity index (χ0v) is 16.8. The van der Waals surface area contributed by atoms with Crippen molar-refractivity contribution < 1.29 is 18.7 Å². The van der Waals surface area contributed by atoms with Gasteiger partial charge < -0.3 is 23.7 Å². The maximum Gasteiger partial charge on any atom is 0.318 e. The van der Waals surface area contributed by atoms with Crippen LogP contribution in [0.2, 0.25) is 0 Å². The molecule has 0 saturated carbocycles. The quantitative estimate of drug-likeness (QED) is 0.686. The summed E-state index contributed by atoms with van der Waals surface area (Å²) in [6.07, 6.45) is 2.90. The summed E-state index contributed by atoms with van der Waals surface area (Å²) in [6, 6.07) is 6.44. The highest BCUT2D eigenvalue weighted by Crippen LogP contribution is 2.28. The van der Waals surface area contributed by atoms with E-state index in [1.165, 1.54) is 0 Å². The van der Waals surface area contributed by atoms with Crippen LogP contribution in [-0.2, 0) is 17.6 Å². The number of hydrogen-bond donors (Lipinski definition) is 0. The molecule has 1 fully saturated rings. The largest absolute Gasteiger partial charge is 0.493 e. The van der Waals surface area contributed by atoms with Crippen molar-refractivity contribution in [2.45, 2.75) is 32.6 Å². The number of ether oxygens (including phenoxy) is 2. The molecule has 0 atom stereocenters. The monoisotopic (exact) mass is 388 g/mol. The first-order valence-electron chi connectivity index (χ1n) is 9.70. The Kier molecular flexibility index (Phi) is 6.73. The van der Waals surface area contributed by atoms with Crippen molar-refractivity contribution in [3.8, 4) is 11.5 Å². The van der Waals surface area contributed by atoms with Gasteiger partial charge in [0.2, 0.25) is 11.8 Å². The Morgan fingerprint density at radius 3 is 2.50 bits per heavy atom. The smallest absolute Gasteiger partial charge is 0.318 e. The van der Waals surface area contributed by atoms with Gasteiger partial charge in [0.25, 0.3) is 0 Å². The Morgan fingerprint density at radius 1 is 1.11 bits per heavy atom. The summed E-state index contributed by atoms with van der Waals surface area (Å²) < 4.78 is 16.2. The van der Waals surface area contributed by atoms with Crippen LogP contribution in [0.5, 0.6) is 11.5 Å². The highest BCUT2D eigenvalue weighted by Gasteiger charge is 2.23. The van der Waals surface area contributed by atoms with E-state index in [0.29, 0.717) is 50.3 Å². The van der Waals surface area contributed by atoms with Crippen molar-refractivity contribution in [3.63, 3.8) is 0 Å². The first-order valence-corrected chi connectivity index (χ1v) is 9.70. The van der Waals surface area contributed by atoms with Crippen LogP contribution in [0.1, 0.15) is 31.2 Å². The topological polar surface area (TPSA) is 80.9 Å². The van der Waals surface area contributed by atoms with Gasteiger partial charge in [-0.3, -0.25) is 4.79 Å². The lowest BCUT2D eigenvalue weighted by molar-refractivity contribution is -0.131. The molecule has 28 heavy (non-hydrogen) atoms. The van der Waals surface area contributed by atoms with E-state index in [0.717, 1.165) is 30.6 Å². The minimum Gasteiger partial charge on any atom is -0.493 e. The summed E-state index contributed by atoms with van der Waals surface area (Å²) in [6.45, 7) is 4.77. The maximum atomic E-state index is 12.5. The standard InChI is InChI=1S/C20H28N4O4/c1-4-18-21-22-20(28-18)24-12-10-23(11-13-24)19(25)7-5-6-15-8-9-16(26-2)17(14-15)27-3/h8-9,14H,4-7,10-13H2,1-3H3. The molecule has 2 aromatic rings. The summed E-state index contributed by atoms with van der Waals surface area (Å²) in [5.41, 5.74) is 1.14. The molecule has 1 aliphatic rings. The van der Waals surface area contributed by atoms with E-state index in [9.17, 15) is 4.79 Å². The van der Waals surface area contributed by atoms with E-state index in [1.807, 2.05) is 34.9 Å². The second kappa shape index (κ2) is 9.43. The van der Waals surface area contributed by atoms with Crippen molar-refractivity contribution in [2.75, 3.05) is 45.3 Å². The molecule has 3 rings (SSSR count). The van der Waals surface area contributed by atoms with E-state index >= 15 is 0 Å². The van der Waals surface area contributed by atoms with Crippen LogP contribution in [0.3, 0.4) is 0 Å². The maximum absolute atomic E-state index is 12.5. The molecular weight excluding hydrogens is 360 g/mol. The van der Waals surface area contributed by atoms with Crippen molar-refractivity contribution in [1.82, 2.24) is 15.1 Å². The second-order valence-corrected chi connectivity index (χ2v) is 6.74. The number of aryl methyl sites for hydroxylation is 2. The van der Waals surface area contributed by atoms with Crippen molar-refractivity contribution in [3.05, 3.63) is 29.7 Å². The summed E-state index contributed by atoms with van der Waals surface area (Å²) in [5, 5.41) is 8.08. The molecule has 1 aromatic heterocycles. The van der Waals surface area contributed by atoms with Crippen molar-refractivity contribution in [1.29, 1.82) is 0 Å².